The maximum Gasteiger partial charge on any atom is 0.355 e. The Bertz CT molecular complexity index is 597. The molecule has 1 aromatic rings. The minimum atomic E-state index is -0.577. The van der Waals surface area contributed by atoms with Gasteiger partial charge in [0.2, 0.25) is 0 Å². The first kappa shape index (κ1) is 27.2. The number of ether oxygens (including phenoxy) is 1. The normalized spacial score (nSPS) is 10.9. The van der Waals surface area contributed by atoms with Gasteiger partial charge < -0.3 is 24.8 Å². The Morgan fingerprint density at radius 2 is 1.45 bits per heavy atom. The van der Waals surface area contributed by atoms with Crippen LogP contribution in [0.25, 0.3) is 0 Å². The van der Waals surface area contributed by atoms with E-state index in [1.165, 1.54) is 69.1 Å². The average molecular weight is 439 g/mol. The van der Waals surface area contributed by atoms with Crippen LogP contribution in [0.4, 0.5) is 0 Å². The molecule has 1 rings (SSSR count). The molecule has 1 aromatic heterocycles. The fourth-order valence-corrected chi connectivity index (χ4v) is 3.59. The van der Waals surface area contributed by atoms with Crippen molar-refractivity contribution in [2.75, 3.05) is 32.9 Å². The van der Waals surface area contributed by atoms with Crippen LogP contribution >= 0.6 is 0 Å². The number of amides is 1. The number of H-pyrrole nitrogens is 1. The van der Waals surface area contributed by atoms with Crippen LogP contribution < -0.4 is 0 Å². The summed E-state index contributed by atoms with van der Waals surface area (Å²) in [6, 6.07) is 1.78. The van der Waals surface area contributed by atoms with E-state index in [1.807, 2.05) is 6.20 Å². The maximum atomic E-state index is 12.1. The van der Waals surface area contributed by atoms with Crippen molar-refractivity contribution in [2.24, 2.45) is 0 Å². The summed E-state index contributed by atoms with van der Waals surface area (Å²) in [6.07, 6.45) is 17.1. The smallest absolute Gasteiger partial charge is 0.355 e. The van der Waals surface area contributed by atoms with Crippen molar-refractivity contribution in [3.63, 3.8) is 0 Å². The second-order valence-corrected chi connectivity index (χ2v) is 8.11. The van der Waals surface area contributed by atoms with E-state index in [-0.39, 0.29) is 26.3 Å². The second kappa shape index (κ2) is 17.8. The molecule has 7 nitrogen and oxygen atoms in total. The third-order valence-corrected chi connectivity index (χ3v) is 5.45. The Hall–Kier alpha value is -1.86. The van der Waals surface area contributed by atoms with Crippen LogP contribution in [-0.4, -0.2) is 64.9 Å². The third kappa shape index (κ3) is 12.6. The van der Waals surface area contributed by atoms with Crippen molar-refractivity contribution in [2.45, 2.75) is 84.0 Å². The summed E-state index contributed by atoms with van der Waals surface area (Å²) in [5, 5.41) is 17.9. The molecular formula is C24H42N2O5. The number of esters is 1. The van der Waals surface area contributed by atoms with Crippen LogP contribution in [0.5, 0.6) is 0 Å². The lowest BCUT2D eigenvalue weighted by Gasteiger charge is -2.20. The number of hydrogen-bond acceptors (Lipinski definition) is 5. The van der Waals surface area contributed by atoms with Crippen molar-refractivity contribution in [1.82, 2.24) is 9.88 Å². The first-order valence-electron chi connectivity index (χ1n) is 12.0. The molecule has 0 atom stereocenters. The number of aliphatic hydroxyl groups is 2. The van der Waals surface area contributed by atoms with Crippen LogP contribution in [0, 0.1) is 0 Å². The van der Waals surface area contributed by atoms with Gasteiger partial charge in [-0.1, -0.05) is 71.1 Å². The summed E-state index contributed by atoms with van der Waals surface area (Å²) in [6.45, 7) is 1.62. The van der Waals surface area contributed by atoms with E-state index in [4.69, 9.17) is 14.9 Å². The fraction of sp³-hybridized carbons (Fsp3) is 0.750. The standard InChI is InChI=1S/C24H42N2O5/c1-2-3-4-5-6-7-8-9-10-11-12-13-21-18-22(25-19-21)24(30)31-20-23(29)26(14-16-27)15-17-28/h18-19,25,27-28H,2-17,20H2,1H3. The number of aromatic nitrogens is 1. The van der Waals surface area contributed by atoms with Gasteiger partial charge in [0, 0.05) is 19.3 Å². The van der Waals surface area contributed by atoms with E-state index in [1.54, 1.807) is 6.07 Å². The van der Waals surface area contributed by atoms with Crippen molar-refractivity contribution in [3.8, 4) is 0 Å². The second-order valence-electron chi connectivity index (χ2n) is 8.11. The Morgan fingerprint density at radius 3 is 2.00 bits per heavy atom. The number of aromatic amines is 1. The molecule has 31 heavy (non-hydrogen) atoms. The van der Waals surface area contributed by atoms with Gasteiger partial charge in [0.15, 0.2) is 6.61 Å². The molecule has 0 unspecified atom stereocenters. The maximum absolute atomic E-state index is 12.1. The number of aliphatic hydroxyl groups excluding tert-OH is 2. The van der Waals surface area contributed by atoms with Gasteiger partial charge in [-0.05, 0) is 24.5 Å². The van der Waals surface area contributed by atoms with E-state index in [2.05, 4.69) is 11.9 Å². The molecule has 0 aliphatic carbocycles. The molecule has 0 radical (unpaired) electrons. The minimum Gasteiger partial charge on any atom is -0.451 e. The molecule has 0 aliphatic heterocycles. The summed E-state index contributed by atoms with van der Waals surface area (Å²) in [5.41, 5.74) is 1.40. The van der Waals surface area contributed by atoms with Gasteiger partial charge in [-0.2, -0.15) is 0 Å². The van der Waals surface area contributed by atoms with Gasteiger partial charge in [0.1, 0.15) is 5.69 Å². The van der Waals surface area contributed by atoms with Gasteiger partial charge in [-0.25, -0.2) is 4.79 Å². The first-order valence-corrected chi connectivity index (χ1v) is 12.0. The van der Waals surface area contributed by atoms with Crippen molar-refractivity contribution < 1.29 is 24.5 Å². The van der Waals surface area contributed by atoms with E-state index in [0.29, 0.717) is 5.69 Å². The van der Waals surface area contributed by atoms with Gasteiger partial charge in [0.05, 0.1) is 13.2 Å². The van der Waals surface area contributed by atoms with E-state index in [9.17, 15) is 9.59 Å². The van der Waals surface area contributed by atoms with Gasteiger partial charge in [-0.15, -0.1) is 0 Å². The largest absolute Gasteiger partial charge is 0.451 e. The molecule has 1 amide bonds. The van der Waals surface area contributed by atoms with E-state index < -0.39 is 18.5 Å². The summed E-state index contributed by atoms with van der Waals surface area (Å²) in [5.74, 6) is -1.02. The van der Waals surface area contributed by atoms with Crippen molar-refractivity contribution in [3.05, 3.63) is 23.5 Å². The highest BCUT2D eigenvalue weighted by Gasteiger charge is 2.16. The number of hydrogen-bond donors (Lipinski definition) is 3. The lowest BCUT2D eigenvalue weighted by molar-refractivity contribution is -0.135. The molecule has 178 valence electrons. The summed E-state index contributed by atoms with van der Waals surface area (Å²) < 4.78 is 5.06. The lowest BCUT2D eigenvalue weighted by Crippen LogP contribution is -2.38. The van der Waals surface area contributed by atoms with Crippen LogP contribution in [0.1, 0.15) is 93.6 Å². The highest BCUT2D eigenvalue weighted by molar-refractivity contribution is 5.89. The number of aryl methyl sites for hydroxylation is 1. The number of nitrogens with one attached hydrogen (secondary N) is 1. The first-order chi connectivity index (χ1) is 15.1. The average Bonchev–Trinajstić information content (AvgIpc) is 3.24. The molecule has 0 aromatic carbocycles. The predicted molar refractivity (Wildman–Crippen MR) is 122 cm³/mol. The van der Waals surface area contributed by atoms with Crippen LogP contribution in [0.2, 0.25) is 0 Å². The molecule has 7 heteroatoms. The molecule has 0 fully saturated rings. The highest BCUT2D eigenvalue weighted by atomic mass is 16.5. The Kier molecular flexibility index (Phi) is 15.6. The lowest BCUT2D eigenvalue weighted by atomic mass is 10.0. The molecular weight excluding hydrogens is 396 g/mol. The molecule has 1 heterocycles. The quantitative estimate of drug-likeness (QED) is 0.225. The van der Waals surface area contributed by atoms with E-state index in [0.717, 1.165) is 18.4 Å². The molecule has 0 spiro atoms. The fourth-order valence-electron chi connectivity index (χ4n) is 3.59. The van der Waals surface area contributed by atoms with Crippen molar-refractivity contribution in [1.29, 1.82) is 0 Å². The molecule has 3 N–H and O–H groups in total. The number of nitrogens with zero attached hydrogens (tertiary/aromatic N) is 1. The number of rotatable bonds is 19. The van der Waals surface area contributed by atoms with E-state index >= 15 is 0 Å². The Morgan fingerprint density at radius 1 is 0.903 bits per heavy atom. The topological polar surface area (TPSA) is 103 Å². The molecule has 0 aliphatic rings. The number of carbonyl (C=O) groups excluding carboxylic acids is 2. The molecule has 0 bridgehead atoms. The number of unbranched alkanes of at least 4 members (excludes halogenated alkanes) is 10. The summed E-state index contributed by atoms with van der Waals surface area (Å²) >= 11 is 0. The number of carbonyl (C=O) groups is 2. The zero-order valence-electron chi connectivity index (χ0n) is 19.2. The zero-order valence-corrected chi connectivity index (χ0v) is 19.2. The predicted octanol–water partition coefficient (Wildman–Crippen LogP) is 3.84. The monoisotopic (exact) mass is 438 g/mol. The van der Waals surface area contributed by atoms with Crippen LogP contribution in [-0.2, 0) is 16.0 Å². The molecule has 0 saturated carbocycles. The molecule has 0 saturated heterocycles. The SMILES string of the molecule is CCCCCCCCCCCCCc1c[nH]c(C(=O)OCC(=O)N(CCO)CCO)c1. The van der Waals surface area contributed by atoms with Crippen LogP contribution in [0.15, 0.2) is 12.3 Å². The minimum absolute atomic E-state index is 0.0998. The van der Waals surface area contributed by atoms with Gasteiger partial charge >= 0.3 is 5.97 Å². The zero-order chi connectivity index (χ0) is 22.7. The summed E-state index contributed by atoms with van der Waals surface area (Å²) in [7, 11) is 0. The Balaban J connectivity index is 2.16. The highest BCUT2D eigenvalue weighted by Crippen LogP contribution is 2.14. The van der Waals surface area contributed by atoms with Crippen LogP contribution in [0.3, 0.4) is 0 Å². The van der Waals surface area contributed by atoms with Gasteiger partial charge in [0.25, 0.3) is 5.91 Å². The Labute approximate surface area is 187 Å². The van der Waals surface area contributed by atoms with Gasteiger partial charge in [-0.3, -0.25) is 4.79 Å². The van der Waals surface area contributed by atoms with Crippen molar-refractivity contribution >= 4 is 11.9 Å². The third-order valence-electron chi connectivity index (χ3n) is 5.45. The summed E-state index contributed by atoms with van der Waals surface area (Å²) in [4.78, 5) is 28.3.